The van der Waals surface area contributed by atoms with Crippen LogP contribution in [0.1, 0.15) is 25.8 Å². The maximum atomic E-state index is 14.4. The number of amides is 3. The van der Waals surface area contributed by atoms with E-state index in [0.717, 1.165) is 16.3 Å². The van der Waals surface area contributed by atoms with Crippen LogP contribution in [0.5, 0.6) is 5.75 Å². The van der Waals surface area contributed by atoms with Gasteiger partial charge in [0, 0.05) is 12.7 Å². The number of methoxy groups -OCH3 is 2. The van der Waals surface area contributed by atoms with Crippen molar-refractivity contribution in [3.05, 3.63) is 66.2 Å². The van der Waals surface area contributed by atoms with Crippen molar-refractivity contribution in [3.63, 3.8) is 0 Å². The van der Waals surface area contributed by atoms with Crippen LogP contribution in [-0.2, 0) is 25.7 Å². The van der Waals surface area contributed by atoms with Crippen LogP contribution in [0.3, 0.4) is 0 Å². The summed E-state index contributed by atoms with van der Waals surface area (Å²) >= 11 is 0. The Morgan fingerprint density at radius 1 is 1.00 bits per heavy atom. The number of benzene rings is 3. The van der Waals surface area contributed by atoms with E-state index in [1.54, 1.807) is 37.8 Å². The third-order valence-electron chi connectivity index (χ3n) is 7.30. The van der Waals surface area contributed by atoms with Crippen LogP contribution in [0.15, 0.2) is 60.7 Å². The molecular formula is C30H36N4O5. The van der Waals surface area contributed by atoms with Crippen molar-refractivity contribution < 1.29 is 23.9 Å². The smallest absolute Gasteiger partial charge is 0.252 e. The van der Waals surface area contributed by atoms with Crippen molar-refractivity contribution in [2.45, 2.75) is 44.9 Å². The molecule has 0 aromatic heterocycles. The van der Waals surface area contributed by atoms with Crippen molar-refractivity contribution in [1.29, 1.82) is 0 Å². The number of carbonyl (C=O) groups excluding carboxylic acids is 3. The molecular weight excluding hydrogens is 496 g/mol. The molecule has 2 N–H and O–H groups in total. The summed E-state index contributed by atoms with van der Waals surface area (Å²) in [5.41, 5.74) is 2.00. The number of carbonyl (C=O) groups is 3. The number of hydrogen-bond donors (Lipinski definition) is 2. The number of anilines is 2. The number of hydrogen-bond acceptors (Lipinski definition) is 6. The highest BCUT2D eigenvalue weighted by atomic mass is 16.5. The topological polar surface area (TPSA) is 100 Å². The van der Waals surface area contributed by atoms with Crippen molar-refractivity contribution in [2.75, 3.05) is 37.7 Å². The first-order valence-electron chi connectivity index (χ1n) is 13.1. The lowest BCUT2D eigenvalue weighted by molar-refractivity contribution is -0.129. The summed E-state index contributed by atoms with van der Waals surface area (Å²) < 4.78 is 10.9. The van der Waals surface area contributed by atoms with E-state index in [1.165, 1.54) is 7.11 Å². The van der Waals surface area contributed by atoms with Gasteiger partial charge in [0.05, 0.1) is 50.1 Å². The molecule has 1 heterocycles. The summed E-state index contributed by atoms with van der Waals surface area (Å²) in [7, 11) is 4.82. The Hall–Kier alpha value is -3.95. The van der Waals surface area contributed by atoms with Crippen LogP contribution in [0, 0.1) is 0 Å². The summed E-state index contributed by atoms with van der Waals surface area (Å²) in [5, 5.41) is 7.80. The molecule has 0 saturated carbocycles. The van der Waals surface area contributed by atoms with E-state index >= 15 is 0 Å². The molecule has 0 radical (unpaired) electrons. The van der Waals surface area contributed by atoms with Gasteiger partial charge in [0.1, 0.15) is 11.8 Å². The fourth-order valence-electron chi connectivity index (χ4n) is 5.01. The molecule has 206 valence electrons. The van der Waals surface area contributed by atoms with Crippen molar-refractivity contribution >= 4 is 39.9 Å². The van der Waals surface area contributed by atoms with Gasteiger partial charge in [0.15, 0.2) is 0 Å². The fraction of sp³-hybridized carbons (Fsp3) is 0.367. The van der Waals surface area contributed by atoms with Crippen LogP contribution in [0.25, 0.3) is 10.8 Å². The zero-order valence-electron chi connectivity index (χ0n) is 23.1. The van der Waals surface area contributed by atoms with Crippen LogP contribution >= 0.6 is 0 Å². The summed E-state index contributed by atoms with van der Waals surface area (Å²) in [5.74, 6) is -0.201. The molecule has 3 unspecified atom stereocenters. The third kappa shape index (κ3) is 5.60. The highest BCUT2D eigenvalue weighted by Crippen LogP contribution is 2.38. The van der Waals surface area contributed by atoms with Crippen LogP contribution < -0.4 is 25.2 Å². The molecule has 0 saturated heterocycles. The Morgan fingerprint density at radius 2 is 1.69 bits per heavy atom. The number of likely N-dealkylation sites (N-methyl/N-ethyl adjacent to an activating group) is 1. The lowest BCUT2D eigenvalue weighted by Gasteiger charge is -2.32. The highest BCUT2D eigenvalue weighted by Gasteiger charge is 2.42. The second kappa shape index (κ2) is 12.3. The van der Waals surface area contributed by atoms with E-state index in [0.29, 0.717) is 17.1 Å². The molecule has 39 heavy (non-hydrogen) atoms. The lowest BCUT2D eigenvalue weighted by atomic mass is 10.0. The molecule has 1 aliphatic heterocycles. The fourth-order valence-corrected chi connectivity index (χ4v) is 5.01. The van der Waals surface area contributed by atoms with E-state index in [1.807, 2.05) is 60.7 Å². The quantitative estimate of drug-likeness (QED) is 0.439. The van der Waals surface area contributed by atoms with Gasteiger partial charge in [-0.2, -0.15) is 0 Å². The van der Waals surface area contributed by atoms with E-state index in [9.17, 15) is 14.4 Å². The first kappa shape index (κ1) is 28.1. The molecule has 3 aromatic carbocycles. The molecule has 0 fully saturated rings. The Labute approximate surface area is 229 Å². The number of rotatable bonds is 9. The van der Waals surface area contributed by atoms with Gasteiger partial charge in [-0.05, 0) is 49.9 Å². The minimum absolute atomic E-state index is 0.133. The largest absolute Gasteiger partial charge is 0.496 e. The monoisotopic (exact) mass is 532 g/mol. The minimum atomic E-state index is -0.992. The molecule has 4 rings (SSSR count). The van der Waals surface area contributed by atoms with Gasteiger partial charge in [-0.25, -0.2) is 0 Å². The van der Waals surface area contributed by atoms with E-state index in [4.69, 9.17) is 9.47 Å². The zero-order chi connectivity index (χ0) is 28.1. The molecule has 3 aromatic rings. The van der Waals surface area contributed by atoms with Gasteiger partial charge in [0.2, 0.25) is 11.8 Å². The molecule has 0 spiro atoms. The summed E-state index contributed by atoms with van der Waals surface area (Å²) in [6, 6.07) is 17.0. The maximum Gasteiger partial charge on any atom is 0.252 e. The second-order valence-corrected chi connectivity index (χ2v) is 9.62. The van der Waals surface area contributed by atoms with Crippen LogP contribution in [0.2, 0.25) is 0 Å². The van der Waals surface area contributed by atoms with Crippen LogP contribution in [-0.4, -0.2) is 63.7 Å². The van der Waals surface area contributed by atoms with E-state index < -0.39 is 18.1 Å². The Bertz CT molecular complexity index is 1360. The van der Waals surface area contributed by atoms with Gasteiger partial charge in [-0.15, -0.1) is 0 Å². The first-order valence-corrected chi connectivity index (χ1v) is 13.1. The van der Waals surface area contributed by atoms with Gasteiger partial charge < -0.3 is 29.9 Å². The van der Waals surface area contributed by atoms with Gasteiger partial charge in [0.25, 0.3) is 5.91 Å². The number of nitrogens with zero attached hydrogens (tertiary/aromatic N) is 2. The average molecular weight is 533 g/mol. The third-order valence-corrected chi connectivity index (χ3v) is 7.30. The molecule has 1 aliphatic rings. The zero-order valence-corrected chi connectivity index (χ0v) is 23.1. The second-order valence-electron chi connectivity index (χ2n) is 9.62. The Morgan fingerprint density at radius 3 is 2.38 bits per heavy atom. The van der Waals surface area contributed by atoms with Crippen molar-refractivity contribution in [1.82, 2.24) is 10.6 Å². The van der Waals surface area contributed by atoms with Gasteiger partial charge in [-0.3, -0.25) is 14.4 Å². The number of para-hydroxylation sites is 2. The number of ether oxygens (including phenoxy) is 2. The lowest BCUT2D eigenvalue weighted by Crippen LogP contribution is -2.59. The predicted octanol–water partition coefficient (Wildman–Crippen LogP) is 3.25. The molecule has 3 atom stereocenters. The van der Waals surface area contributed by atoms with Crippen LogP contribution in [0.4, 0.5) is 11.4 Å². The van der Waals surface area contributed by atoms with Gasteiger partial charge in [-0.1, -0.05) is 42.5 Å². The molecule has 9 nitrogen and oxygen atoms in total. The average Bonchev–Trinajstić information content (AvgIpc) is 3.04. The van der Waals surface area contributed by atoms with Crippen molar-refractivity contribution in [2.24, 2.45) is 0 Å². The summed E-state index contributed by atoms with van der Waals surface area (Å²) in [4.78, 5) is 44.2. The Balaban J connectivity index is 1.88. The van der Waals surface area contributed by atoms with E-state index in [2.05, 4.69) is 10.6 Å². The normalized spacial score (nSPS) is 17.9. The van der Waals surface area contributed by atoms with E-state index in [-0.39, 0.29) is 37.3 Å². The standard InChI is InChI=1S/C30H36N4O5/c1-19(31-3)29(36)32-28-20(2)34(27(35)16-17-38-4)25-13-9-8-12-24(25)33(30(28)37)18-23-22-11-7-6-10-21(22)14-15-26(23)39-5/h6-15,19-20,28,31H,16-18H2,1-5H3,(H,32,36). The minimum Gasteiger partial charge on any atom is -0.496 e. The number of fused-ring (bicyclic) bond motifs is 2. The van der Waals surface area contributed by atoms with Gasteiger partial charge >= 0.3 is 0 Å². The highest BCUT2D eigenvalue weighted by molar-refractivity contribution is 6.09. The summed E-state index contributed by atoms with van der Waals surface area (Å²) in [6.07, 6.45) is 0.133. The molecule has 9 heteroatoms. The van der Waals surface area contributed by atoms with Crippen molar-refractivity contribution in [3.8, 4) is 5.75 Å². The molecule has 0 bridgehead atoms. The SMILES string of the molecule is CNC(C)C(=O)NC1C(=O)N(Cc2c(OC)ccc3ccccc23)c2ccccc2N(C(=O)CCOC)C1C. The maximum absolute atomic E-state index is 14.4. The first-order chi connectivity index (χ1) is 18.8. The molecule has 3 amide bonds. The molecule has 0 aliphatic carbocycles. The summed E-state index contributed by atoms with van der Waals surface area (Å²) in [6.45, 7) is 3.93. The predicted molar refractivity (Wildman–Crippen MR) is 152 cm³/mol. The number of nitrogens with one attached hydrogen (secondary N) is 2. The Kier molecular flexibility index (Phi) is 8.83.